The summed E-state index contributed by atoms with van der Waals surface area (Å²) in [6, 6.07) is 9.27. The lowest BCUT2D eigenvalue weighted by Crippen LogP contribution is -2.43. The quantitative estimate of drug-likeness (QED) is 0.246. The number of aliphatic carboxylic acids is 1. The van der Waals surface area contributed by atoms with E-state index in [1.807, 2.05) is 0 Å². The molecule has 1 aromatic carbocycles. The van der Waals surface area contributed by atoms with Gasteiger partial charge in [-0.1, -0.05) is 11.6 Å². The summed E-state index contributed by atoms with van der Waals surface area (Å²) >= 11 is 6.33. The summed E-state index contributed by atoms with van der Waals surface area (Å²) in [5, 5.41) is 22.1. The molecular weight excluding hydrogens is 658 g/mol. The minimum Gasteiger partial charge on any atom is -0.480 e. The standard InChI is InChI=1S/C33H34ClN7O8/c1-32(2,3)48-30(46)40(31(47)49-33(4,5)6)20-8-9-23(35-16-20)27-21(11-12-42)25-13-18(14-26(43)41(25)28(27)29(44)45)22-15-19(34)7-10-24(22)39-17-36-37-38-39/h7-10,12-17,21,27-28H,11H2,1-6H3,(H,44,45)/t21?,27?,28-/m0/s1. The topological polar surface area (TPSA) is 189 Å². The van der Waals surface area contributed by atoms with E-state index in [1.54, 1.807) is 65.8 Å². The number of rotatable bonds is 7. The summed E-state index contributed by atoms with van der Waals surface area (Å²) in [5.74, 6) is -3.11. The van der Waals surface area contributed by atoms with Gasteiger partial charge in [-0.3, -0.25) is 14.3 Å². The molecule has 0 spiro atoms. The molecule has 0 saturated carbocycles. The van der Waals surface area contributed by atoms with Gasteiger partial charge >= 0.3 is 18.2 Å². The number of anilines is 1. The van der Waals surface area contributed by atoms with Gasteiger partial charge in [0.1, 0.15) is 29.9 Å². The Labute approximate surface area is 285 Å². The number of carboxylic acids is 1. The minimum absolute atomic E-state index is 0.00267. The minimum atomic E-state index is -1.44. The largest absolute Gasteiger partial charge is 0.480 e. The van der Waals surface area contributed by atoms with E-state index in [9.17, 15) is 29.1 Å². The van der Waals surface area contributed by atoms with Crippen LogP contribution in [0.1, 0.15) is 77.2 Å². The number of halogens is 1. The second-order valence-corrected chi connectivity index (χ2v) is 13.8. The van der Waals surface area contributed by atoms with Crippen molar-refractivity contribution in [1.29, 1.82) is 0 Å². The van der Waals surface area contributed by atoms with E-state index in [0.717, 1.165) is 4.57 Å². The zero-order chi connectivity index (χ0) is 35.8. The fourth-order valence-electron chi connectivity index (χ4n) is 5.75. The summed E-state index contributed by atoms with van der Waals surface area (Å²) in [7, 11) is 0. The summed E-state index contributed by atoms with van der Waals surface area (Å²) in [5.41, 5.74) is -0.612. The van der Waals surface area contributed by atoms with Crippen molar-refractivity contribution in [3.8, 4) is 16.8 Å². The van der Waals surface area contributed by atoms with Crippen molar-refractivity contribution in [3.63, 3.8) is 0 Å². The molecule has 256 valence electrons. The Hall–Kier alpha value is -5.44. The first kappa shape index (κ1) is 34.9. The summed E-state index contributed by atoms with van der Waals surface area (Å²) < 4.78 is 13.4. The number of fused-ring (bicyclic) bond motifs is 1. The van der Waals surface area contributed by atoms with Crippen molar-refractivity contribution < 1.29 is 33.8 Å². The van der Waals surface area contributed by atoms with E-state index >= 15 is 0 Å². The molecule has 15 nitrogen and oxygen atoms in total. The van der Waals surface area contributed by atoms with E-state index in [0.29, 0.717) is 38.7 Å². The molecule has 0 aliphatic carbocycles. The number of carbonyl (C=O) groups excluding carboxylic acids is 3. The van der Waals surface area contributed by atoms with Gasteiger partial charge in [-0.15, -0.1) is 5.10 Å². The number of aldehydes is 1. The van der Waals surface area contributed by atoms with Gasteiger partial charge in [0.2, 0.25) is 0 Å². The van der Waals surface area contributed by atoms with Crippen molar-refractivity contribution in [2.45, 2.75) is 77.0 Å². The molecule has 16 heteroatoms. The smallest absolute Gasteiger partial charge is 0.424 e. The number of amides is 2. The van der Waals surface area contributed by atoms with Crippen molar-refractivity contribution in [2.24, 2.45) is 0 Å². The number of carbonyl (C=O) groups is 4. The van der Waals surface area contributed by atoms with E-state index < -0.39 is 52.8 Å². The van der Waals surface area contributed by atoms with Crippen LogP contribution in [-0.2, 0) is 19.1 Å². The molecule has 0 fully saturated rings. The first-order chi connectivity index (χ1) is 23.0. The summed E-state index contributed by atoms with van der Waals surface area (Å²) in [6.07, 6.45) is 1.08. The molecule has 0 radical (unpaired) electrons. The molecule has 1 aliphatic heterocycles. The number of nitrogens with zero attached hydrogens (tertiary/aromatic N) is 7. The fourth-order valence-corrected chi connectivity index (χ4v) is 5.92. The highest BCUT2D eigenvalue weighted by Crippen LogP contribution is 2.49. The molecule has 0 bridgehead atoms. The molecule has 0 saturated heterocycles. The van der Waals surface area contributed by atoms with Gasteiger partial charge in [0.05, 0.1) is 17.6 Å². The maximum absolute atomic E-state index is 13.8. The van der Waals surface area contributed by atoms with Crippen LogP contribution in [0.2, 0.25) is 5.02 Å². The average molecular weight is 692 g/mol. The molecule has 5 rings (SSSR count). The average Bonchev–Trinajstić information content (AvgIpc) is 3.63. The zero-order valence-corrected chi connectivity index (χ0v) is 28.3. The number of hydrogen-bond donors (Lipinski definition) is 1. The predicted molar refractivity (Wildman–Crippen MR) is 176 cm³/mol. The Kier molecular flexibility index (Phi) is 9.41. The van der Waals surface area contributed by atoms with Crippen LogP contribution in [-0.4, -0.2) is 70.5 Å². The SMILES string of the molecule is CC(C)(C)OC(=O)N(C(=O)OC(C)(C)C)c1ccc(C2C(CC=O)c3cc(-c4cc(Cl)ccc4-n4cnnn4)cc(=O)n3[C@@H]2C(=O)O)nc1. The van der Waals surface area contributed by atoms with Crippen LogP contribution in [0.4, 0.5) is 15.3 Å². The number of aromatic nitrogens is 6. The lowest BCUT2D eigenvalue weighted by Gasteiger charge is -2.28. The first-order valence-corrected chi connectivity index (χ1v) is 15.5. The van der Waals surface area contributed by atoms with Crippen LogP contribution in [0, 0.1) is 0 Å². The molecule has 2 unspecified atom stereocenters. The number of benzene rings is 1. The number of hydrogen-bond acceptors (Lipinski definition) is 11. The van der Waals surface area contributed by atoms with Crippen molar-refractivity contribution in [3.05, 3.63) is 81.8 Å². The van der Waals surface area contributed by atoms with Gasteiger partial charge in [0.15, 0.2) is 0 Å². The summed E-state index contributed by atoms with van der Waals surface area (Å²) in [4.78, 5) is 70.1. The molecule has 4 aromatic rings. The fraction of sp³-hybridized carbons (Fsp3) is 0.364. The molecule has 3 aromatic heterocycles. The lowest BCUT2D eigenvalue weighted by molar-refractivity contribution is -0.141. The van der Waals surface area contributed by atoms with Crippen molar-refractivity contribution >= 4 is 41.7 Å². The third-order valence-corrected chi connectivity index (χ3v) is 7.76. The Morgan fingerprint density at radius 3 is 2.20 bits per heavy atom. The molecule has 3 atom stereocenters. The van der Waals surface area contributed by atoms with Crippen LogP contribution in [0.5, 0.6) is 0 Å². The van der Waals surface area contributed by atoms with Crippen molar-refractivity contribution in [1.82, 2.24) is 29.8 Å². The maximum Gasteiger partial charge on any atom is 0.424 e. The number of tetrazole rings is 1. The van der Waals surface area contributed by atoms with Gasteiger partial charge in [0, 0.05) is 46.3 Å². The van der Waals surface area contributed by atoms with Gasteiger partial charge < -0.3 is 19.4 Å². The molecular formula is C33H34ClN7O8. The Bertz CT molecular complexity index is 1940. The monoisotopic (exact) mass is 691 g/mol. The third kappa shape index (κ3) is 7.36. The number of imide groups is 1. The number of carboxylic acid groups (broad SMARTS) is 1. The second-order valence-electron chi connectivity index (χ2n) is 13.3. The first-order valence-electron chi connectivity index (χ1n) is 15.2. The van der Waals surface area contributed by atoms with Gasteiger partial charge in [-0.25, -0.2) is 14.4 Å². The number of ether oxygens (including phenoxy) is 2. The van der Waals surface area contributed by atoms with Crippen LogP contribution in [0.3, 0.4) is 0 Å². The highest BCUT2D eigenvalue weighted by Gasteiger charge is 2.47. The van der Waals surface area contributed by atoms with Crippen molar-refractivity contribution in [2.75, 3.05) is 4.90 Å². The van der Waals surface area contributed by atoms with Crippen LogP contribution in [0.15, 0.2) is 59.8 Å². The van der Waals surface area contributed by atoms with Gasteiger partial charge in [-0.05, 0) is 93.9 Å². The molecule has 1 aliphatic rings. The van der Waals surface area contributed by atoms with E-state index in [2.05, 4.69) is 20.5 Å². The Morgan fingerprint density at radius 2 is 1.67 bits per heavy atom. The highest BCUT2D eigenvalue weighted by atomic mass is 35.5. The van der Waals surface area contributed by atoms with Gasteiger partial charge in [0.25, 0.3) is 5.56 Å². The Balaban J connectivity index is 1.60. The molecule has 2 amide bonds. The van der Waals surface area contributed by atoms with E-state index in [1.165, 1.54) is 35.4 Å². The number of pyridine rings is 2. The third-order valence-electron chi connectivity index (χ3n) is 7.52. The molecule has 4 heterocycles. The molecule has 1 N–H and O–H groups in total. The van der Waals surface area contributed by atoms with E-state index in [4.69, 9.17) is 21.1 Å². The van der Waals surface area contributed by atoms with E-state index in [-0.39, 0.29) is 17.8 Å². The Morgan fingerprint density at radius 1 is 1.00 bits per heavy atom. The van der Waals surface area contributed by atoms with Crippen LogP contribution < -0.4 is 10.5 Å². The van der Waals surface area contributed by atoms with Gasteiger partial charge in [-0.2, -0.15) is 9.58 Å². The second kappa shape index (κ2) is 13.2. The van der Waals surface area contributed by atoms with Crippen LogP contribution in [0.25, 0.3) is 16.8 Å². The normalized spacial score (nSPS) is 17.2. The molecule has 49 heavy (non-hydrogen) atoms. The lowest BCUT2D eigenvalue weighted by atomic mass is 9.83. The summed E-state index contributed by atoms with van der Waals surface area (Å²) in [6.45, 7) is 9.85. The zero-order valence-electron chi connectivity index (χ0n) is 27.5. The highest BCUT2D eigenvalue weighted by molar-refractivity contribution is 6.31. The van der Waals surface area contributed by atoms with Crippen LogP contribution >= 0.6 is 11.6 Å². The maximum atomic E-state index is 13.8. The predicted octanol–water partition coefficient (Wildman–Crippen LogP) is 5.31.